The first-order valence-electron chi connectivity index (χ1n) is 8.39. The van der Waals surface area contributed by atoms with Crippen molar-refractivity contribution in [3.05, 3.63) is 22.5 Å². The zero-order valence-electron chi connectivity index (χ0n) is 13.2. The average molecular weight is 342 g/mol. The summed E-state index contributed by atoms with van der Waals surface area (Å²) in [7, 11) is 0. The first-order chi connectivity index (χ1) is 11.7. The summed E-state index contributed by atoms with van der Waals surface area (Å²) in [4.78, 5) is 28.6. The molecule has 3 N–H and O–H groups in total. The number of thiazole rings is 1. The zero-order valence-corrected chi connectivity index (χ0v) is 14.0. The van der Waals surface area contributed by atoms with Crippen LogP contribution in [0, 0.1) is 0 Å². The number of nitrogen functional groups attached to an aromatic ring is 1. The molecule has 2 aromatic heterocycles. The van der Waals surface area contributed by atoms with Gasteiger partial charge in [-0.1, -0.05) is 30.6 Å². The molecule has 2 aromatic rings. The Labute approximate surface area is 143 Å². The number of hydrogen-bond acceptors (Lipinski definition) is 7. The minimum atomic E-state index is -0.243. The zero-order chi connectivity index (χ0) is 16.3. The van der Waals surface area contributed by atoms with E-state index in [2.05, 4.69) is 20.2 Å². The maximum atomic E-state index is 12.5. The standard InChI is InChI=1S/C16H18N6OS/c17-12-9-4-7-22(13(9)19-8-18-12)15-20-11-10(24-15)14(23)21-16(11)5-2-1-3-6-16/h8H,1-7H2,(H,21,23)(H2,17,18,19). The minimum absolute atomic E-state index is 0.0253. The van der Waals surface area contributed by atoms with Gasteiger partial charge in [-0.3, -0.25) is 4.79 Å². The molecule has 3 aliphatic rings. The summed E-state index contributed by atoms with van der Waals surface area (Å²) in [5, 5.41) is 4.05. The van der Waals surface area contributed by atoms with Crippen LogP contribution in [0.1, 0.15) is 53.0 Å². The molecule has 0 bridgehead atoms. The number of anilines is 3. The van der Waals surface area contributed by atoms with Gasteiger partial charge in [-0.05, 0) is 19.3 Å². The van der Waals surface area contributed by atoms with Gasteiger partial charge in [-0.25, -0.2) is 15.0 Å². The Kier molecular flexibility index (Phi) is 2.88. The van der Waals surface area contributed by atoms with E-state index in [1.54, 1.807) is 0 Å². The average Bonchev–Trinajstić information content (AvgIpc) is 3.25. The third kappa shape index (κ3) is 1.83. The summed E-state index contributed by atoms with van der Waals surface area (Å²) in [6.45, 7) is 0.777. The predicted octanol–water partition coefficient (Wildman–Crippen LogP) is 2.11. The van der Waals surface area contributed by atoms with Crippen LogP contribution in [-0.2, 0) is 12.0 Å². The number of aromatic nitrogens is 3. The van der Waals surface area contributed by atoms with Gasteiger partial charge in [-0.2, -0.15) is 0 Å². The van der Waals surface area contributed by atoms with Crippen LogP contribution < -0.4 is 16.0 Å². The van der Waals surface area contributed by atoms with Gasteiger partial charge in [-0.15, -0.1) is 0 Å². The molecule has 8 heteroatoms. The Morgan fingerprint density at radius 3 is 2.92 bits per heavy atom. The molecule has 0 saturated heterocycles. The fourth-order valence-electron chi connectivity index (χ4n) is 4.16. The predicted molar refractivity (Wildman–Crippen MR) is 91.5 cm³/mol. The lowest BCUT2D eigenvalue weighted by molar-refractivity contribution is 0.0910. The highest BCUT2D eigenvalue weighted by Gasteiger charge is 2.47. The van der Waals surface area contributed by atoms with Crippen molar-refractivity contribution in [1.29, 1.82) is 0 Å². The van der Waals surface area contributed by atoms with Crippen LogP contribution in [-0.4, -0.2) is 27.4 Å². The van der Waals surface area contributed by atoms with Crippen LogP contribution in [0.5, 0.6) is 0 Å². The van der Waals surface area contributed by atoms with E-state index in [0.29, 0.717) is 5.82 Å². The first-order valence-corrected chi connectivity index (χ1v) is 9.20. The second kappa shape index (κ2) is 4.89. The second-order valence-electron chi connectivity index (χ2n) is 6.73. The van der Waals surface area contributed by atoms with E-state index >= 15 is 0 Å². The Bertz CT molecular complexity index is 841. The highest BCUT2D eigenvalue weighted by molar-refractivity contribution is 7.17. The second-order valence-corrected chi connectivity index (χ2v) is 7.71. The Morgan fingerprint density at radius 2 is 2.08 bits per heavy atom. The lowest BCUT2D eigenvalue weighted by Crippen LogP contribution is -2.41. The Balaban J connectivity index is 1.57. The topological polar surface area (TPSA) is 97.0 Å². The van der Waals surface area contributed by atoms with Gasteiger partial charge in [0.15, 0.2) is 5.13 Å². The molecule has 2 aliphatic heterocycles. The number of carbonyl (C=O) groups is 1. The fraction of sp³-hybridized carbons (Fsp3) is 0.500. The number of nitrogens with two attached hydrogens (primary N) is 1. The fourth-order valence-corrected chi connectivity index (χ4v) is 5.25. The maximum Gasteiger partial charge on any atom is 0.264 e. The third-order valence-electron chi connectivity index (χ3n) is 5.36. The number of hydrogen-bond donors (Lipinski definition) is 2. The minimum Gasteiger partial charge on any atom is -0.383 e. The van der Waals surface area contributed by atoms with Gasteiger partial charge in [0, 0.05) is 12.1 Å². The van der Waals surface area contributed by atoms with Crippen molar-refractivity contribution in [1.82, 2.24) is 20.3 Å². The molecule has 0 unspecified atom stereocenters. The SMILES string of the molecule is Nc1ncnc2c1CCN2c1nc2c(s1)C(=O)NC21CCCCC1. The van der Waals surface area contributed by atoms with Crippen LogP contribution in [0.3, 0.4) is 0 Å². The van der Waals surface area contributed by atoms with E-state index in [9.17, 15) is 4.79 Å². The smallest absolute Gasteiger partial charge is 0.264 e. The molecular formula is C16H18N6OS. The van der Waals surface area contributed by atoms with Crippen molar-refractivity contribution in [2.75, 3.05) is 17.2 Å². The summed E-state index contributed by atoms with van der Waals surface area (Å²) in [5.41, 5.74) is 7.64. The van der Waals surface area contributed by atoms with E-state index in [1.807, 2.05) is 0 Å². The number of rotatable bonds is 1. The van der Waals surface area contributed by atoms with Gasteiger partial charge < -0.3 is 16.0 Å². The molecule has 0 radical (unpaired) electrons. The van der Waals surface area contributed by atoms with Crippen molar-refractivity contribution < 1.29 is 4.79 Å². The molecule has 0 atom stereocenters. The van der Waals surface area contributed by atoms with E-state index in [0.717, 1.165) is 65.7 Å². The summed E-state index contributed by atoms with van der Waals surface area (Å²) < 4.78 is 0. The van der Waals surface area contributed by atoms with Gasteiger partial charge in [0.2, 0.25) is 0 Å². The summed E-state index contributed by atoms with van der Waals surface area (Å²) in [6.07, 6.45) is 7.79. The number of nitrogens with one attached hydrogen (secondary N) is 1. The van der Waals surface area contributed by atoms with Crippen molar-refractivity contribution in [3.8, 4) is 0 Å². The quantitative estimate of drug-likeness (QED) is 0.824. The van der Waals surface area contributed by atoms with Gasteiger partial charge >= 0.3 is 0 Å². The van der Waals surface area contributed by atoms with Crippen LogP contribution in [0.2, 0.25) is 0 Å². The van der Waals surface area contributed by atoms with E-state index < -0.39 is 0 Å². The van der Waals surface area contributed by atoms with Gasteiger partial charge in [0.1, 0.15) is 22.8 Å². The van der Waals surface area contributed by atoms with E-state index in [-0.39, 0.29) is 11.4 Å². The van der Waals surface area contributed by atoms with Crippen LogP contribution >= 0.6 is 11.3 Å². The molecule has 7 nitrogen and oxygen atoms in total. The molecule has 1 aliphatic carbocycles. The van der Waals surface area contributed by atoms with Crippen molar-refractivity contribution >= 4 is 34.0 Å². The van der Waals surface area contributed by atoms with Crippen molar-refractivity contribution in [3.63, 3.8) is 0 Å². The molecule has 5 rings (SSSR count). The number of nitrogens with zero attached hydrogens (tertiary/aromatic N) is 4. The van der Waals surface area contributed by atoms with E-state index in [1.165, 1.54) is 24.1 Å². The lowest BCUT2D eigenvalue weighted by Gasteiger charge is -2.32. The Hall–Kier alpha value is -2.22. The lowest BCUT2D eigenvalue weighted by atomic mass is 9.81. The number of fused-ring (bicyclic) bond motifs is 3. The molecular weight excluding hydrogens is 324 g/mol. The van der Waals surface area contributed by atoms with E-state index in [4.69, 9.17) is 10.7 Å². The molecule has 4 heterocycles. The third-order valence-corrected chi connectivity index (χ3v) is 6.44. The molecule has 124 valence electrons. The molecule has 1 saturated carbocycles. The normalized spacial score (nSPS) is 21.0. The molecule has 0 aromatic carbocycles. The number of carbonyl (C=O) groups excluding carboxylic acids is 1. The van der Waals surface area contributed by atoms with Gasteiger partial charge in [0.25, 0.3) is 5.91 Å². The monoisotopic (exact) mass is 342 g/mol. The molecule has 24 heavy (non-hydrogen) atoms. The molecule has 1 amide bonds. The highest BCUT2D eigenvalue weighted by Crippen LogP contribution is 2.47. The summed E-state index contributed by atoms with van der Waals surface area (Å²) >= 11 is 1.47. The summed E-state index contributed by atoms with van der Waals surface area (Å²) in [6, 6.07) is 0. The molecule has 1 spiro atoms. The maximum absolute atomic E-state index is 12.5. The van der Waals surface area contributed by atoms with Crippen LogP contribution in [0.15, 0.2) is 6.33 Å². The highest BCUT2D eigenvalue weighted by atomic mass is 32.1. The summed E-state index contributed by atoms with van der Waals surface area (Å²) in [5.74, 6) is 1.39. The molecule has 1 fully saturated rings. The van der Waals surface area contributed by atoms with Crippen molar-refractivity contribution in [2.45, 2.75) is 44.1 Å². The van der Waals surface area contributed by atoms with Crippen LogP contribution in [0.25, 0.3) is 0 Å². The van der Waals surface area contributed by atoms with Crippen LogP contribution in [0.4, 0.5) is 16.8 Å². The Morgan fingerprint density at radius 1 is 1.25 bits per heavy atom. The van der Waals surface area contributed by atoms with Gasteiger partial charge in [0.05, 0.1) is 11.2 Å². The first kappa shape index (κ1) is 14.2. The number of amides is 1. The van der Waals surface area contributed by atoms with Crippen molar-refractivity contribution in [2.24, 2.45) is 0 Å². The largest absolute Gasteiger partial charge is 0.383 e.